The summed E-state index contributed by atoms with van der Waals surface area (Å²) in [4.78, 5) is 4.65. The maximum atomic E-state index is 6.37. The predicted octanol–water partition coefficient (Wildman–Crippen LogP) is 4.01. The molecule has 0 saturated heterocycles. The molecule has 0 fully saturated rings. The van der Waals surface area contributed by atoms with Gasteiger partial charge >= 0.3 is 0 Å². The third-order valence-electron chi connectivity index (χ3n) is 5.57. The topological polar surface area (TPSA) is 78.3 Å². The lowest BCUT2D eigenvalue weighted by Gasteiger charge is -2.24. The van der Waals surface area contributed by atoms with Gasteiger partial charge in [0.25, 0.3) is 0 Å². The van der Waals surface area contributed by atoms with E-state index >= 15 is 0 Å². The van der Waals surface area contributed by atoms with Gasteiger partial charge in [0.2, 0.25) is 0 Å². The van der Waals surface area contributed by atoms with Crippen LogP contribution in [-0.4, -0.2) is 28.8 Å². The second kappa shape index (κ2) is 7.66. The van der Waals surface area contributed by atoms with Gasteiger partial charge in [-0.25, -0.2) is 4.99 Å². The van der Waals surface area contributed by atoms with Gasteiger partial charge in [0, 0.05) is 25.5 Å². The molecule has 30 heavy (non-hydrogen) atoms. The fourth-order valence-corrected chi connectivity index (χ4v) is 4.22. The van der Waals surface area contributed by atoms with Crippen molar-refractivity contribution < 1.29 is 0 Å². The summed E-state index contributed by atoms with van der Waals surface area (Å²) in [5.74, 6) is 1.62. The summed E-state index contributed by atoms with van der Waals surface area (Å²) in [5, 5.41) is 19.0. The average molecular weight is 422 g/mol. The molecule has 4 N–H and O–H groups in total. The third-order valence-corrected chi connectivity index (χ3v) is 5.89. The number of para-hydroxylation sites is 1. The number of hydrogen-bond donors (Lipinski definition) is 4. The maximum absolute atomic E-state index is 6.37. The van der Waals surface area contributed by atoms with Crippen molar-refractivity contribution in [1.82, 2.24) is 15.1 Å². The van der Waals surface area contributed by atoms with Gasteiger partial charge in [0.15, 0.2) is 12.1 Å². The second-order valence-electron chi connectivity index (χ2n) is 7.67. The summed E-state index contributed by atoms with van der Waals surface area (Å²) >= 11 is 6.37. The first-order valence-electron chi connectivity index (χ1n) is 10.1. The molecule has 0 bridgehead atoms. The van der Waals surface area contributed by atoms with Crippen molar-refractivity contribution in [2.24, 2.45) is 12.0 Å². The fourth-order valence-electron chi connectivity index (χ4n) is 3.95. The number of rotatable bonds is 4. The Hall–Kier alpha value is -3.03. The van der Waals surface area contributed by atoms with Crippen LogP contribution < -0.4 is 21.3 Å². The van der Waals surface area contributed by atoms with Gasteiger partial charge in [-0.1, -0.05) is 29.8 Å². The van der Waals surface area contributed by atoms with Crippen molar-refractivity contribution >= 4 is 40.8 Å². The van der Waals surface area contributed by atoms with Gasteiger partial charge in [0.1, 0.15) is 5.82 Å². The van der Waals surface area contributed by atoms with Crippen molar-refractivity contribution in [2.45, 2.75) is 26.2 Å². The molecule has 0 spiro atoms. The second-order valence-corrected chi connectivity index (χ2v) is 8.08. The smallest absolute Gasteiger partial charge is 0.195 e. The zero-order chi connectivity index (χ0) is 20.7. The number of benzene rings is 2. The number of nitrogens with one attached hydrogen (secondary N) is 4. The van der Waals surface area contributed by atoms with E-state index in [1.807, 2.05) is 43.1 Å². The molecule has 3 heterocycles. The Labute approximate surface area is 180 Å². The molecule has 1 aromatic heterocycles. The van der Waals surface area contributed by atoms with E-state index in [1.54, 1.807) is 0 Å². The normalized spacial score (nSPS) is 17.1. The Morgan fingerprint density at radius 2 is 2.10 bits per heavy atom. The van der Waals surface area contributed by atoms with Gasteiger partial charge in [0.05, 0.1) is 16.3 Å². The minimum Gasteiger partial charge on any atom is -0.347 e. The number of fused-ring (bicyclic) bond motifs is 2. The number of anilines is 4. The number of aromatic nitrogens is 2. The van der Waals surface area contributed by atoms with E-state index in [0.29, 0.717) is 5.02 Å². The molecule has 3 aromatic rings. The molecule has 0 radical (unpaired) electrons. The highest BCUT2D eigenvalue weighted by Gasteiger charge is 2.23. The van der Waals surface area contributed by atoms with Gasteiger partial charge in [-0.15, -0.1) is 0 Å². The molecule has 2 aromatic carbocycles. The SMILES string of the molecule is Cc1cccc(Cl)c1Nc1nn(C)c2c1C=NC(Nc1ccc3c(c1)CNCC3)N2. The van der Waals surface area contributed by atoms with E-state index in [0.717, 1.165) is 53.6 Å². The van der Waals surface area contributed by atoms with Crippen LogP contribution in [0.4, 0.5) is 23.0 Å². The Bertz CT molecular complexity index is 1110. The molecule has 154 valence electrons. The lowest BCUT2D eigenvalue weighted by molar-refractivity contribution is 0.644. The molecule has 1 unspecified atom stereocenters. The number of halogens is 1. The molecule has 0 aliphatic carbocycles. The molecule has 0 amide bonds. The van der Waals surface area contributed by atoms with Gasteiger partial charge in [-0.2, -0.15) is 5.10 Å². The number of hydrogen-bond acceptors (Lipinski definition) is 6. The summed E-state index contributed by atoms with van der Waals surface area (Å²) in [6.45, 7) is 3.97. The third kappa shape index (κ3) is 3.51. The molecule has 1 atom stereocenters. The maximum Gasteiger partial charge on any atom is 0.195 e. The van der Waals surface area contributed by atoms with E-state index in [-0.39, 0.29) is 6.29 Å². The Kier molecular flexibility index (Phi) is 4.84. The zero-order valence-electron chi connectivity index (χ0n) is 17.0. The largest absolute Gasteiger partial charge is 0.347 e. The first-order chi connectivity index (χ1) is 14.6. The van der Waals surface area contributed by atoms with E-state index < -0.39 is 0 Å². The summed E-state index contributed by atoms with van der Waals surface area (Å²) < 4.78 is 1.82. The molecule has 0 saturated carbocycles. The van der Waals surface area contributed by atoms with Crippen molar-refractivity contribution in [1.29, 1.82) is 0 Å². The van der Waals surface area contributed by atoms with Crippen molar-refractivity contribution in [2.75, 3.05) is 22.5 Å². The first-order valence-corrected chi connectivity index (χ1v) is 10.4. The Balaban J connectivity index is 1.36. The predicted molar refractivity (Wildman–Crippen MR) is 123 cm³/mol. The minimum atomic E-state index is -0.266. The number of aryl methyl sites for hydroxylation is 2. The molecular formula is C22H24ClN7. The van der Waals surface area contributed by atoms with Crippen LogP contribution in [0.3, 0.4) is 0 Å². The van der Waals surface area contributed by atoms with Crippen LogP contribution in [0.5, 0.6) is 0 Å². The van der Waals surface area contributed by atoms with Crippen LogP contribution in [0, 0.1) is 6.92 Å². The van der Waals surface area contributed by atoms with Gasteiger partial charge in [-0.05, 0) is 54.8 Å². The van der Waals surface area contributed by atoms with Crippen molar-refractivity contribution in [3.05, 3.63) is 63.7 Å². The Morgan fingerprint density at radius 3 is 2.97 bits per heavy atom. The van der Waals surface area contributed by atoms with E-state index in [1.165, 1.54) is 11.1 Å². The van der Waals surface area contributed by atoms with Gasteiger partial charge < -0.3 is 21.3 Å². The molecule has 8 heteroatoms. The lowest BCUT2D eigenvalue weighted by Crippen LogP contribution is -2.31. The summed E-state index contributed by atoms with van der Waals surface area (Å²) in [5.41, 5.74) is 6.63. The summed E-state index contributed by atoms with van der Waals surface area (Å²) in [7, 11) is 1.91. The van der Waals surface area contributed by atoms with Crippen LogP contribution in [0.1, 0.15) is 22.3 Å². The highest BCUT2D eigenvalue weighted by molar-refractivity contribution is 6.33. The van der Waals surface area contributed by atoms with E-state index in [4.69, 9.17) is 11.6 Å². The Morgan fingerprint density at radius 1 is 1.20 bits per heavy atom. The summed E-state index contributed by atoms with van der Waals surface area (Å²) in [6, 6.07) is 12.3. The van der Waals surface area contributed by atoms with Crippen LogP contribution in [-0.2, 0) is 20.0 Å². The number of aliphatic imine (C=N–C) groups is 1. The first kappa shape index (κ1) is 19.0. The quantitative estimate of drug-likeness (QED) is 0.512. The minimum absolute atomic E-state index is 0.266. The zero-order valence-corrected chi connectivity index (χ0v) is 17.7. The van der Waals surface area contributed by atoms with Crippen LogP contribution in [0.2, 0.25) is 5.02 Å². The van der Waals surface area contributed by atoms with Crippen LogP contribution >= 0.6 is 11.6 Å². The van der Waals surface area contributed by atoms with E-state index in [2.05, 4.69) is 49.6 Å². The standard InChI is InChI=1S/C22H24ClN7/c1-13-4-3-5-18(23)19(13)27-20-17-12-25-22(28-21(17)30(2)29-20)26-16-7-6-14-8-9-24-11-15(14)10-16/h3-7,10,12,22,24,26,28H,8-9,11H2,1-2H3,(H,27,29). The molecule has 2 aliphatic rings. The fraction of sp³-hybridized carbons (Fsp3) is 0.273. The highest BCUT2D eigenvalue weighted by Crippen LogP contribution is 2.33. The number of nitrogens with zero attached hydrogens (tertiary/aromatic N) is 3. The average Bonchev–Trinajstić information content (AvgIpc) is 3.06. The van der Waals surface area contributed by atoms with Crippen molar-refractivity contribution in [3.8, 4) is 0 Å². The van der Waals surface area contributed by atoms with Crippen LogP contribution in [0.25, 0.3) is 0 Å². The lowest BCUT2D eigenvalue weighted by atomic mass is 10.0. The van der Waals surface area contributed by atoms with E-state index in [9.17, 15) is 0 Å². The van der Waals surface area contributed by atoms with Crippen LogP contribution in [0.15, 0.2) is 41.4 Å². The molecule has 5 rings (SSSR count). The van der Waals surface area contributed by atoms with Gasteiger partial charge in [-0.3, -0.25) is 4.68 Å². The highest BCUT2D eigenvalue weighted by atomic mass is 35.5. The molecular weight excluding hydrogens is 398 g/mol. The molecule has 2 aliphatic heterocycles. The van der Waals surface area contributed by atoms with Crippen molar-refractivity contribution in [3.63, 3.8) is 0 Å². The summed E-state index contributed by atoms with van der Waals surface area (Å²) in [6.07, 6.45) is 2.66. The monoisotopic (exact) mass is 421 g/mol. The molecule has 7 nitrogen and oxygen atoms in total.